The van der Waals surface area contributed by atoms with Gasteiger partial charge in [0.05, 0.1) is 17.2 Å². The molecule has 1 aromatic rings. The first-order valence-electron chi connectivity index (χ1n) is 3.59. The summed E-state index contributed by atoms with van der Waals surface area (Å²) in [5.74, 6) is -1.36. The first-order chi connectivity index (χ1) is 6.97. The van der Waals surface area contributed by atoms with Crippen molar-refractivity contribution in [1.82, 2.24) is 4.98 Å². The van der Waals surface area contributed by atoms with Crippen LogP contribution in [0.15, 0.2) is 6.07 Å². The van der Waals surface area contributed by atoms with Crippen LogP contribution in [-0.4, -0.2) is 16.1 Å². The number of pyridine rings is 1. The molecule has 78 valence electrons. The number of hydrogen-bond donors (Lipinski definition) is 1. The van der Waals surface area contributed by atoms with Crippen molar-refractivity contribution in [3.63, 3.8) is 0 Å². The number of rotatable bonds is 2. The van der Waals surface area contributed by atoms with E-state index in [1.54, 1.807) is 0 Å². The van der Waals surface area contributed by atoms with Crippen LogP contribution < -0.4 is 0 Å². The Hall–Kier alpha value is -1.30. The zero-order valence-electron chi connectivity index (χ0n) is 7.04. The number of aromatic carboxylic acids is 1. The fourth-order valence-corrected chi connectivity index (χ4v) is 1.72. The number of alkyl halides is 2. The van der Waals surface area contributed by atoms with Gasteiger partial charge in [0.25, 0.3) is 6.43 Å². The minimum absolute atomic E-state index is 0.168. The van der Waals surface area contributed by atoms with Crippen LogP contribution >= 0.6 is 22.6 Å². The van der Waals surface area contributed by atoms with Gasteiger partial charge >= 0.3 is 5.97 Å². The van der Waals surface area contributed by atoms with Gasteiger partial charge in [0.2, 0.25) is 0 Å². The van der Waals surface area contributed by atoms with Crippen LogP contribution in [0.4, 0.5) is 8.78 Å². The van der Waals surface area contributed by atoms with Crippen molar-refractivity contribution in [3.8, 4) is 6.07 Å². The first-order valence-corrected chi connectivity index (χ1v) is 4.67. The molecule has 0 bridgehead atoms. The van der Waals surface area contributed by atoms with Crippen molar-refractivity contribution in [3.05, 3.63) is 26.6 Å². The molecule has 1 heterocycles. The predicted molar refractivity (Wildman–Crippen MR) is 53.6 cm³/mol. The number of carbonyl (C=O) groups is 1. The first kappa shape index (κ1) is 11.8. The maximum atomic E-state index is 12.5. The number of carboxylic acid groups (broad SMARTS) is 1. The highest BCUT2D eigenvalue weighted by Gasteiger charge is 2.21. The summed E-state index contributed by atoms with van der Waals surface area (Å²) in [6, 6.07) is 2.36. The number of aromatic nitrogens is 1. The Morgan fingerprint density at radius 1 is 1.67 bits per heavy atom. The summed E-state index contributed by atoms with van der Waals surface area (Å²) in [4.78, 5) is 14.0. The Bertz CT molecular complexity index is 457. The highest BCUT2D eigenvalue weighted by Crippen LogP contribution is 2.27. The molecule has 0 amide bonds. The molecule has 1 rings (SSSR count). The van der Waals surface area contributed by atoms with E-state index in [4.69, 9.17) is 10.4 Å². The number of nitrogens with zero attached hydrogens (tertiary/aromatic N) is 2. The third kappa shape index (κ3) is 2.38. The van der Waals surface area contributed by atoms with E-state index in [2.05, 4.69) is 4.98 Å². The van der Waals surface area contributed by atoms with Crippen LogP contribution in [0.5, 0.6) is 0 Å². The van der Waals surface area contributed by atoms with Crippen LogP contribution in [0.2, 0.25) is 0 Å². The van der Waals surface area contributed by atoms with Crippen LogP contribution in [0.3, 0.4) is 0 Å². The summed E-state index contributed by atoms with van der Waals surface area (Å²) < 4.78 is 24.8. The molecule has 4 nitrogen and oxygen atoms in total. The summed E-state index contributed by atoms with van der Waals surface area (Å²) >= 11 is 1.48. The maximum Gasteiger partial charge on any atom is 0.354 e. The molecule has 0 radical (unpaired) electrons. The van der Waals surface area contributed by atoms with Crippen LogP contribution in [0.25, 0.3) is 0 Å². The third-order valence-electron chi connectivity index (χ3n) is 1.57. The molecule has 1 aromatic heterocycles. The monoisotopic (exact) mass is 324 g/mol. The topological polar surface area (TPSA) is 74.0 Å². The van der Waals surface area contributed by atoms with E-state index in [9.17, 15) is 13.6 Å². The molecule has 0 aliphatic heterocycles. The number of halogens is 3. The third-order valence-corrected chi connectivity index (χ3v) is 2.39. The SMILES string of the molecule is N#Cc1cc(C(=O)O)nc(I)c1C(F)F. The fraction of sp³-hybridized carbons (Fsp3) is 0.125. The van der Waals surface area contributed by atoms with Crippen molar-refractivity contribution >= 4 is 28.6 Å². The minimum atomic E-state index is -2.85. The van der Waals surface area contributed by atoms with E-state index >= 15 is 0 Å². The van der Waals surface area contributed by atoms with E-state index in [1.807, 2.05) is 0 Å². The molecule has 1 N–H and O–H groups in total. The number of hydrogen-bond acceptors (Lipinski definition) is 3. The largest absolute Gasteiger partial charge is 0.477 e. The lowest BCUT2D eigenvalue weighted by atomic mass is 10.1. The Morgan fingerprint density at radius 3 is 2.67 bits per heavy atom. The van der Waals surface area contributed by atoms with E-state index < -0.39 is 23.7 Å². The lowest BCUT2D eigenvalue weighted by molar-refractivity contribution is 0.0689. The molecule has 7 heteroatoms. The van der Waals surface area contributed by atoms with Gasteiger partial charge in [-0.15, -0.1) is 0 Å². The van der Waals surface area contributed by atoms with Crippen molar-refractivity contribution in [1.29, 1.82) is 5.26 Å². The minimum Gasteiger partial charge on any atom is -0.477 e. The molecule has 0 aliphatic rings. The van der Waals surface area contributed by atoms with Crippen molar-refractivity contribution in [2.45, 2.75) is 6.43 Å². The molecule has 0 saturated carbocycles. The highest BCUT2D eigenvalue weighted by atomic mass is 127. The van der Waals surface area contributed by atoms with Gasteiger partial charge < -0.3 is 5.11 Å². The molecule has 0 atom stereocenters. The predicted octanol–water partition coefficient (Wildman–Crippen LogP) is 2.19. The molecule has 15 heavy (non-hydrogen) atoms. The van der Waals surface area contributed by atoms with Gasteiger partial charge in [-0.3, -0.25) is 0 Å². The Balaban J connectivity index is 3.46. The summed E-state index contributed by atoms with van der Waals surface area (Å²) in [6.45, 7) is 0. The average Bonchev–Trinajstić information content (AvgIpc) is 2.15. The molecule has 0 fully saturated rings. The quantitative estimate of drug-likeness (QED) is 0.668. The summed E-state index contributed by atoms with van der Waals surface area (Å²) in [5.41, 5.74) is -1.30. The summed E-state index contributed by atoms with van der Waals surface area (Å²) in [6.07, 6.45) is -2.85. The molecule has 0 spiro atoms. The number of carboxylic acids is 1. The van der Waals surface area contributed by atoms with Gasteiger partial charge in [-0.25, -0.2) is 18.6 Å². The summed E-state index contributed by atoms with van der Waals surface area (Å²) in [5, 5.41) is 17.2. The van der Waals surface area contributed by atoms with Crippen LogP contribution in [0.1, 0.15) is 28.0 Å². The van der Waals surface area contributed by atoms with Gasteiger partial charge in [-0.05, 0) is 28.7 Å². The standard InChI is InChI=1S/C8H3F2IN2O2/c9-6(10)5-3(2-12)1-4(8(14)15)13-7(5)11/h1,6H,(H,14,15). The fourth-order valence-electron chi connectivity index (χ4n) is 0.933. The van der Waals surface area contributed by atoms with Crippen LogP contribution in [0, 0.1) is 15.0 Å². The molecular weight excluding hydrogens is 321 g/mol. The average molecular weight is 324 g/mol. The van der Waals surface area contributed by atoms with Crippen LogP contribution in [-0.2, 0) is 0 Å². The zero-order chi connectivity index (χ0) is 11.6. The van der Waals surface area contributed by atoms with Crippen molar-refractivity contribution in [2.24, 2.45) is 0 Å². The van der Waals surface area contributed by atoms with Gasteiger partial charge in [0.15, 0.2) is 5.69 Å². The normalized spacial score (nSPS) is 10.1. The molecular formula is C8H3F2IN2O2. The van der Waals surface area contributed by atoms with E-state index in [0.717, 1.165) is 6.07 Å². The molecule has 0 saturated heterocycles. The van der Waals surface area contributed by atoms with Gasteiger partial charge in [0, 0.05) is 0 Å². The Kier molecular flexibility index (Phi) is 3.52. The zero-order valence-corrected chi connectivity index (χ0v) is 9.20. The Morgan fingerprint density at radius 2 is 2.27 bits per heavy atom. The van der Waals surface area contributed by atoms with Gasteiger partial charge in [-0.1, -0.05) is 0 Å². The van der Waals surface area contributed by atoms with E-state index in [-0.39, 0.29) is 9.26 Å². The van der Waals surface area contributed by atoms with Gasteiger partial charge in [-0.2, -0.15) is 5.26 Å². The van der Waals surface area contributed by atoms with Gasteiger partial charge in [0.1, 0.15) is 3.70 Å². The molecule has 0 unspecified atom stereocenters. The smallest absolute Gasteiger partial charge is 0.354 e. The molecule has 0 aromatic carbocycles. The summed E-state index contributed by atoms with van der Waals surface area (Å²) in [7, 11) is 0. The highest BCUT2D eigenvalue weighted by molar-refractivity contribution is 14.1. The second-order valence-corrected chi connectivity index (χ2v) is 3.50. The van der Waals surface area contributed by atoms with E-state index in [0.29, 0.717) is 0 Å². The maximum absolute atomic E-state index is 12.5. The van der Waals surface area contributed by atoms with Crippen molar-refractivity contribution in [2.75, 3.05) is 0 Å². The lowest BCUT2D eigenvalue weighted by Gasteiger charge is -2.05. The Labute approximate surface area is 96.7 Å². The second-order valence-electron chi connectivity index (χ2n) is 2.48. The van der Waals surface area contributed by atoms with E-state index in [1.165, 1.54) is 28.7 Å². The number of nitriles is 1. The lowest BCUT2D eigenvalue weighted by Crippen LogP contribution is -2.06. The second kappa shape index (κ2) is 4.48. The van der Waals surface area contributed by atoms with Crippen molar-refractivity contribution < 1.29 is 18.7 Å². The molecule has 0 aliphatic carbocycles.